The van der Waals surface area contributed by atoms with Crippen molar-refractivity contribution in [1.29, 1.82) is 0 Å². The van der Waals surface area contributed by atoms with Gasteiger partial charge in [-0.15, -0.1) is 0 Å². The molecule has 0 spiro atoms. The van der Waals surface area contributed by atoms with Crippen molar-refractivity contribution < 1.29 is 143 Å². The minimum absolute atomic E-state index is 0. The average molecular weight is 930 g/mol. The topological polar surface area (TPSA) is 208 Å². The monoisotopic (exact) mass is 929 g/mol. The molecule has 18 nitrogen and oxygen atoms in total. The summed E-state index contributed by atoms with van der Waals surface area (Å²) < 4.78 is 27.2. The summed E-state index contributed by atoms with van der Waals surface area (Å²) in [5, 5.41) is 42.4. The molecule has 0 atom stereocenters. The van der Waals surface area contributed by atoms with Gasteiger partial charge in [0.25, 0.3) is 6.47 Å². The smallest absolute Gasteiger partial charge is 1.00 e. The standard InChI is InChI=1S/C20H27N5O3.C11H10FN3O3.C10H19N.CH2O3.2K.H/c1-22-14-15(13-21-22)17-11-19(25(26)27)20(28-2)12-18(17)24-9-7-23(8-10-24)16-5-3-4-6-16;1-14-6-7(5-13-14)8-3-10(15(16)17)11(18-2)4-9(8)12;1-2-4-9(3-1)10-5-7-11-8-6-10;2-1-4-3;;;/h11-14,16H,3-10H2,1-2H3;3-6H,1-2H3;9-11H,1-8H2;1,3H;;;/q;;;;2*+1;-1/p-1. The number of halogens is 1. The number of rotatable bonds is 10. The van der Waals surface area contributed by atoms with Gasteiger partial charge in [0.1, 0.15) is 5.82 Å². The second kappa shape index (κ2) is 27.9. The van der Waals surface area contributed by atoms with Crippen LogP contribution >= 0.6 is 0 Å². The van der Waals surface area contributed by atoms with Crippen molar-refractivity contribution in [2.45, 2.75) is 70.3 Å². The van der Waals surface area contributed by atoms with Gasteiger partial charge in [0.15, 0.2) is 11.5 Å². The van der Waals surface area contributed by atoms with E-state index in [9.17, 15) is 24.6 Å². The van der Waals surface area contributed by atoms with Crippen molar-refractivity contribution in [3.8, 4) is 33.8 Å². The maximum Gasteiger partial charge on any atom is 1.00 e. The van der Waals surface area contributed by atoms with Crippen LogP contribution in [0.25, 0.3) is 22.3 Å². The molecule has 0 bridgehead atoms. The van der Waals surface area contributed by atoms with Gasteiger partial charge < -0.3 is 31.3 Å². The molecule has 2 aromatic heterocycles. The second-order valence-electron chi connectivity index (χ2n) is 15.7. The first kappa shape index (κ1) is 54.9. The summed E-state index contributed by atoms with van der Waals surface area (Å²) in [6, 6.07) is 6.30. The predicted molar refractivity (Wildman–Crippen MR) is 226 cm³/mol. The van der Waals surface area contributed by atoms with E-state index in [1.54, 1.807) is 30.2 Å². The molecule has 0 radical (unpaired) electrons. The van der Waals surface area contributed by atoms with Gasteiger partial charge in [0.05, 0.1) is 36.5 Å². The Bertz CT molecular complexity index is 2060. The van der Waals surface area contributed by atoms with E-state index in [2.05, 4.69) is 30.2 Å². The minimum atomic E-state index is -0.613. The number of piperidine rings is 1. The maximum atomic E-state index is 13.8. The van der Waals surface area contributed by atoms with E-state index in [1.165, 1.54) is 102 Å². The molecule has 63 heavy (non-hydrogen) atoms. The van der Waals surface area contributed by atoms with Gasteiger partial charge in [-0.3, -0.25) is 39.3 Å². The van der Waals surface area contributed by atoms with Crippen LogP contribution < -0.4 is 128 Å². The first-order valence-electron chi connectivity index (χ1n) is 20.8. The Morgan fingerprint density at radius 2 is 1.21 bits per heavy atom. The summed E-state index contributed by atoms with van der Waals surface area (Å²) in [6.07, 6.45) is 21.0. The number of nitrogens with one attached hydrogen (secondary N) is 1. The average Bonchev–Trinajstić information content (AvgIpc) is 4.14. The number of benzene rings is 2. The van der Waals surface area contributed by atoms with E-state index in [0.717, 1.165) is 73.0 Å². The molecule has 2 aliphatic heterocycles. The third-order valence-electron chi connectivity index (χ3n) is 12.0. The molecule has 4 aliphatic rings. The van der Waals surface area contributed by atoms with Gasteiger partial charge in [-0.25, -0.2) is 4.39 Å². The third-order valence-corrected chi connectivity index (χ3v) is 12.0. The van der Waals surface area contributed by atoms with E-state index in [4.69, 9.17) is 19.5 Å². The van der Waals surface area contributed by atoms with Gasteiger partial charge in [-0.05, 0) is 50.6 Å². The summed E-state index contributed by atoms with van der Waals surface area (Å²) in [6.45, 7) is 6.24. The molecule has 8 rings (SSSR count). The van der Waals surface area contributed by atoms with Crippen molar-refractivity contribution in [3.63, 3.8) is 0 Å². The van der Waals surface area contributed by atoms with Crippen molar-refractivity contribution in [3.05, 3.63) is 75.1 Å². The van der Waals surface area contributed by atoms with Crippen LogP contribution in [0.2, 0.25) is 0 Å². The van der Waals surface area contributed by atoms with Crippen molar-refractivity contribution >= 4 is 23.5 Å². The van der Waals surface area contributed by atoms with E-state index >= 15 is 0 Å². The molecule has 21 heteroatoms. The first-order chi connectivity index (χ1) is 29.5. The number of aryl methyl sites for hydroxylation is 2. The number of ether oxygens (including phenoxy) is 2. The van der Waals surface area contributed by atoms with Gasteiger partial charge in [-0.2, -0.15) is 10.2 Å². The second-order valence-corrected chi connectivity index (χ2v) is 15.7. The van der Waals surface area contributed by atoms with Crippen LogP contribution in [0.3, 0.4) is 0 Å². The van der Waals surface area contributed by atoms with Crippen LogP contribution in [0.1, 0.15) is 65.6 Å². The Morgan fingerprint density at radius 1 is 0.746 bits per heavy atom. The number of nitro benzene ring substituents is 2. The number of hydrogen-bond acceptors (Lipinski definition) is 14. The zero-order chi connectivity index (χ0) is 43.9. The predicted octanol–water partition coefficient (Wildman–Crippen LogP) is -0.0571. The molecular formula is C42H58FK2N9O9. The zero-order valence-electron chi connectivity index (χ0n) is 38.4. The largest absolute Gasteiger partial charge is 1.00 e. The zero-order valence-corrected chi connectivity index (χ0v) is 43.6. The quantitative estimate of drug-likeness (QED) is 0.0728. The van der Waals surface area contributed by atoms with Crippen LogP contribution in [-0.4, -0.2) is 100 Å². The number of carbonyl (C=O) groups is 1. The molecule has 334 valence electrons. The van der Waals surface area contributed by atoms with Gasteiger partial charge in [0.2, 0.25) is 0 Å². The number of methoxy groups -OCH3 is 2. The fourth-order valence-electron chi connectivity index (χ4n) is 8.89. The van der Waals surface area contributed by atoms with Gasteiger partial charge in [-0.1, -0.05) is 38.5 Å². The van der Waals surface area contributed by atoms with Crippen molar-refractivity contribution in [1.82, 2.24) is 29.8 Å². The molecule has 0 amide bonds. The summed E-state index contributed by atoms with van der Waals surface area (Å²) in [5.41, 5.74) is 2.97. The molecule has 0 unspecified atom stereocenters. The Hall–Kier alpha value is -2.39. The first-order valence-corrected chi connectivity index (χ1v) is 20.8. The molecule has 4 aromatic rings. The molecule has 2 aliphatic carbocycles. The number of nitro groups is 2. The summed E-state index contributed by atoms with van der Waals surface area (Å²) in [7, 11) is 6.26. The molecule has 2 saturated heterocycles. The number of piperazine rings is 1. The van der Waals surface area contributed by atoms with E-state index < -0.39 is 10.7 Å². The Morgan fingerprint density at radius 3 is 1.67 bits per heavy atom. The van der Waals surface area contributed by atoms with E-state index in [1.807, 2.05) is 19.3 Å². The SMILES string of the molecule is C1CCC(C2CCNCC2)C1.COc1cc(F)c(-c2cnn(C)c2)cc1[N+](=O)[O-].COc1cc(N2CCN(C3CCCC3)CC2)c(-c2cnn(C)c2)cc1[N+](=O)[O-].O=CO[O-].[H-].[K+].[K+]. The van der Waals surface area contributed by atoms with Gasteiger partial charge >= 0.3 is 114 Å². The molecule has 2 saturated carbocycles. The number of hydrogen-bond donors (Lipinski definition) is 1. The number of aromatic nitrogens is 4. The Kier molecular flexibility index (Phi) is 24.4. The molecular weight excluding hydrogens is 872 g/mol. The maximum absolute atomic E-state index is 13.8. The summed E-state index contributed by atoms with van der Waals surface area (Å²) >= 11 is 0. The molecule has 2 aromatic carbocycles. The van der Waals surface area contributed by atoms with E-state index in [-0.39, 0.29) is 138 Å². The summed E-state index contributed by atoms with van der Waals surface area (Å²) in [5.74, 6) is 1.79. The van der Waals surface area contributed by atoms with Crippen molar-refractivity contribution in [2.24, 2.45) is 25.9 Å². The fraction of sp³-hybridized carbons (Fsp3) is 0.548. The normalized spacial score (nSPS) is 16.7. The fourth-order valence-corrected chi connectivity index (χ4v) is 8.89. The number of anilines is 1. The van der Waals surface area contributed by atoms with Crippen LogP contribution in [0.4, 0.5) is 21.5 Å². The van der Waals surface area contributed by atoms with Crippen molar-refractivity contribution in [2.75, 3.05) is 58.4 Å². The molecule has 1 N–H and O–H groups in total. The Labute approximate surface area is 454 Å². The van der Waals surface area contributed by atoms with Crippen LogP contribution in [0.15, 0.2) is 49.1 Å². The number of nitrogens with zero attached hydrogens (tertiary/aromatic N) is 8. The summed E-state index contributed by atoms with van der Waals surface area (Å²) in [4.78, 5) is 37.6. The van der Waals surface area contributed by atoms with E-state index in [0.29, 0.717) is 11.3 Å². The Balaban J connectivity index is 0.000000336. The number of carbonyl (C=O) groups excluding carboxylic acids is 1. The third kappa shape index (κ3) is 15.6. The van der Waals surface area contributed by atoms with Gasteiger partial charge in [0, 0.05) is 111 Å². The minimum Gasteiger partial charge on any atom is -1.00 e. The van der Waals surface area contributed by atoms with Crippen LogP contribution in [-0.2, 0) is 23.8 Å². The molecule has 4 fully saturated rings. The van der Waals surface area contributed by atoms with Crippen LogP contribution in [0, 0.1) is 37.9 Å². The molecule has 4 heterocycles. The van der Waals surface area contributed by atoms with Crippen LogP contribution in [0.5, 0.6) is 11.5 Å².